The summed E-state index contributed by atoms with van der Waals surface area (Å²) in [7, 11) is 0. The maximum absolute atomic E-state index is 10.4. The van der Waals surface area contributed by atoms with Crippen molar-refractivity contribution in [3.63, 3.8) is 0 Å². The van der Waals surface area contributed by atoms with Gasteiger partial charge in [-0.05, 0) is 6.08 Å². The molecule has 0 bridgehead atoms. The number of carbonyl (C=O) groups is 1. The third kappa shape index (κ3) is 1.68. The molecule has 60 valence electrons. The van der Waals surface area contributed by atoms with Crippen molar-refractivity contribution in [2.45, 2.75) is 13.0 Å². The average Bonchev–Trinajstić information content (AvgIpc) is 1.94. The molecule has 0 spiro atoms. The monoisotopic (exact) mass is 154 g/mol. The zero-order valence-corrected chi connectivity index (χ0v) is 6.19. The Morgan fingerprint density at radius 1 is 1.64 bits per heavy atom. The van der Waals surface area contributed by atoms with E-state index in [0.29, 0.717) is 0 Å². The smallest absolute Gasteiger partial charge is 0.335 e. The zero-order valence-electron chi connectivity index (χ0n) is 6.19. The van der Waals surface area contributed by atoms with Crippen molar-refractivity contribution < 1.29 is 15.0 Å². The van der Waals surface area contributed by atoms with Crippen molar-refractivity contribution in [3.05, 3.63) is 23.8 Å². The van der Waals surface area contributed by atoms with Crippen molar-refractivity contribution in [3.8, 4) is 0 Å². The first-order valence-corrected chi connectivity index (χ1v) is 3.42. The molecule has 1 unspecified atom stereocenters. The van der Waals surface area contributed by atoms with Gasteiger partial charge in [0.15, 0.2) is 0 Å². The second kappa shape index (κ2) is 2.88. The van der Waals surface area contributed by atoms with E-state index in [1.54, 1.807) is 13.0 Å². The molecule has 0 saturated heterocycles. The number of aliphatic hydroxyl groups is 1. The molecular formula is C8H10O3. The first kappa shape index (κ1) is 8.01. The SMILES string of the molecule is CC1C=C(C(=O)O)C=C[C@@H]1O. The number of aliphatic hydroxyl groups excluding tert-OH is 1. The lowest BCUT2D eigenvalue weighted by Gasteiger charge is -2.15. The van der Waals surface area contributed by atoms with Crippen LogP contribution in [0, 0.1) is 5.92 Å². The van der Waals surface area contributed by atoms with E-state index < -0.39 is 12.1 Å². The molecular weight excluding hydrogens is 144 g/mol. The molecule has 0 saturated carbocycles. The van der Waals surface area contributed by atoms with Gasteiger partial charge < -0.3 is 10.2 Å². The molecule has 0 aliphatic heterocycles. The van der Waals surface area contributed by atoms with Gasteiger partial charge in [-0.1, -0.05) is 19.1 Å². The maximum atomic E-state index is 10.4. The molecule has 1 aliphatic carbocycles. The normalized spacial score (nSPS) is 29.8. The quantitative estimate of drug-likeness (QED) is 0.580. The lowest BCUT2D eigenvalue weighted by atomic mass is 9.95. The third-order valence-electron chi connectivity index (χ3n) is 1.70. The van der Waals surface area contributed by atoms with Crippen LogP contribution in [0.4, 0.5) is 0 Å². The van der Waals surface area contributed by atoms with Crippen LogP contribution in [0.3, 0.4) is 0 Å². The number of rotatable bonds is 1. The average molecular weight is 154 g/mol. The molecule has 0 fully saturated rings. The van der Waals surface area contributed by atoms with E-state index in [2.05, 4.69) is 0 Å². The summed E-state index contributed by atoms with van der Waals surface area (Å²) in [5.41, 5.74) is 0.253. The molecule has 2 atom stereocenters. The fourth-order valence-electron chi connectivity index (χ4n) is 0.957. The highest BCUT2D eigenvalue weighted by Gasteiger charge is 2.16. The molecule has 3 nitrogen and oxygen atoms in total. The molecule has 0 aromatic rings. The van der Waals surface area contributed by atoms with Gasteiger partial charge in [-0.2, -0.15) is 0 Å². The lowest BCUT2D eigenvalue weighted by molar-refractivity contribution is -0.132. The van der Waals surface area contributed by atoms with E-state index in [-0.39, 0.29) is 11.5 Å². The summed E-state index contributed by atoms with van der Waals surface area (Å²) in [5.74, 6) is -1.05. The zero-order chi connectivity index (χ0) is 8.43. The Labute approximate surface area is 64.7 Å². The minimum Gasteiger partial charge on any atom is -0.478 e. The van der Waals surface area contributed by atoms with Crippen LogP contribution in [0.25, 0.3) is 0 Å². The molecule has 2 N–H and O–H groups in total. The number of carboxylic acids is 1. The molecule has 1 aliphatic rings. The minimum absolute atomic E-state index is 0.105. The Balaban J connectivity index is 2.80. The molecule has 0 aromatic heterocycles. The van der Waals surface area contributed by atoms with Crippen LogP contribution in [0.2, 0.25) is 0 Å². The van der Waals surface area contributed by atoms with E-state index in [9.17, 15) is 4.79 Å². The Morgan fingerprint density at radius 3 is 2.73 bits per heavy atom. The van der Waals surface area contributed by atoms with Crippen molar-refractivity contribution in [1.82, 2.24) is 0 Å². The molecule has 3 heteroatoms. The number of carboxylic acid groups (broad SMARTS) is 1. The van der Waals surface area contributed by atoms with Gasteiger partial charge in [0.1, 0.15) is 0 Å². The summed E-state index contributed by atoms with van der Waals surface area (Å²) in [4.78, 5) is 10.4. The maximum Gasteiger partial charge on any atom is 0.335 e. The topological polar surface area (TPSA) is 57.5 Å². The predicted octanol–water partition coefficient (Wildman–Crippen LogP) is 0.564. The van der Waals surface area contributed by atoms with Crippen LogP contribution in [0.5, 0.6) is 0 Å². The highest BCUT2D eigenvalue weighted by molar-refractivity contribution is 5.90. The second-order valence-corrected chi connectivity index (χ2v) is 2.64. The molecule has 0 heterocycles. The van der Waals surface area contributed by atoms with E-state index >= 15 is 0 Å². The largest absolute Gasteiger partial charge is 0.478 e. The van der Waals surface area contributed by atoms with Gasteiger partial charge in [0.2, 0.25) is 0 Å². The Bertz CT molecular complexity index is 227. The summed E-state index contributed by atoms with van der Waals surface area (Å²) in [6, 6.07) is 0. The predicted molar refractivity (Wildman–Crippen MR) is 40.0 cm³/mol. The van der Waals surface area contributed by atoms with Crippen LogP contribution in [0.1, 0.15) is 6.92 Å². The summed E-state index contributed by atoms with van der Waals surface area (Å²) < 4.78 is 0. The molecule has 1 rings (SSSR count). The molecule has 11 heavy (non-hydrogen) atoms. The second-order valence-electron chi connectivity index (χ2n) is 2.64. The summed E-state index contributed by atoms with van der Waals surface area (Å²) in [5, 5.41) is 17.7. The first-order chi connectivity index (χ1) is 5.11. The van der Waals surface area contributed by atoms with Crippen LogP contribution >= 0.6 is 0 Å². The fraction of sp³-hybridized carbons (Fsp3) is 0.375. The van der Waals surface area contributed by atoms with Crippen LogP contribution in [-0.4, -0.2) is 22.3 Å². The highest BCUT2D eigenvalue weighted by atomic mass is 16.4. The van der Waals surface area contributed by atoms with Gasteiger partial charge >= 0.3 is 5.97 Å². The fourth-order valence-corrected chi connectivity index (χ4v) is 0.957. The van der Waals surface area contributed by atoms with Crippen LogP contribution in [-0.2, 0) is 4.79 Å². The Hall–Kier alpha value is -1.09. The van der Waals surface area contributed by atoms with Gasteiger partial charge in [-0.3, -0.25) is 0 Å². The summed E-state index contributed by atoms with van der Waals surface area (Å²) in [6.45, 7) is 1.77. The van der Waals surface area contributed by atoms with Crippen molar-refractivity contribution in [2.24, 2.45) is 5.92 Å². The van der Waals surface area contributed by atoms with Crippen molar-refractivity contribution in [2.75, 3.05) is 0 Å². The lowest BCUT2D eigenvalue weighted by Crippen LogP contribution is -2.17. The molecule has 0 radical (unpaired) electrons. The van der Waals surface area contributed by atoms with Gasteiger partial charge in [-0.25, -0.2) is 4.79 Å². The van der Waals surface area contributed by atoms with Gasteiger partial charge in [-0.15, -0.1) is 0 Å². The number of hydrogen-bond acceptors (Lipinski definition) is 2. The van der Waals surface area contributed by atoms with Crippen LogP contribution in [0.15, 0.2) is 23.8 Å². The summed E-state index contributed by atoms with van der Waals surface area (Å²) in [6.07, 6.45) is 3.92. The van der Waals surface area contributed by atoms with Crippen molar-refractivity contribution in [1.29, 1.82) is 0 Å². The van der Waals surface area contributed by atoms with Gasteiger partial charge in [0, 0.05) is 5.92 Å². The van der Waals surface area contributed by atoms with Gasteiger partial charge in [0.25, 0.3) is 0 Å². The van der Waals surface area contributed by atoms with E-state index in [1.165, 1.54) is 12.2 Å². The highest BCUT2D eigenvalue weighted by Crippen LogP contribution is 2.16. The Kier molecular flexibility index (Phi) is 2.10. The standard InChI is InChI=1S/C8H10O3/c1-5-4-6(8(10)11)2-3-7(5)9/h2-5,7,9H,1H3,(H,10,11)/t5?,7-/m0/s1. The third-order valence-corrected chi connectivity index (χ3v) is 1.70. The summed E-state index contributed by atoms with van der Waals surface area (Å²) >= 11 is 0. The van der Waals surface area contributed by atoms with Crippen molar-refractivity contribution >= 4 is 5.97 Å². The molecule has 0 amide bonds. The molecule has 0 aromatic carbocycles. The van der Waals surface area contributed by atoms with E-state index in [4.69, 9.17) is 10.2 Å². The van der Waals surface area contributed by atoms with E-state index in [0.717, 1.165) is 0 Å². The first-order valence-electron chi connectivity index (χ1n) is 3.42. The number of aliphatic carboxylic acids is 1. The van der Waals surface area contributed by atoms with Crippen LogP contribution < -0.4 is 0 Å². The van der Waals surface area contributed by atoms with E-state index in [1.807, 2.05) is 0 Å². The van der Waals surface area contributed by atoms with Gasteiger partial charge in [0.05, 0.1) is 11.7 Å². The Morgan fingerprint density at radius 2 is 2.27 bits per heavy atom. The minimum atomic E-state index is -0.944. The number of hydrogen-bond donors (Lipinski definition) is 2.